The highest BCUT2D eigenvalue weighted by Gasteiger charge is 2.30. The van der Waals surface area contributed by atoms with Gasteiger partial charge in [0.05, 0.1) is 5.56 Å². The zero-order valence-corrected chi connectivity index (χ0v) is 7.84. The molecule has 1 aromatic heterocycles. The van der Waals surface area contributed by atoms with Gasteiger partial charge in [-0.15, -0.1) is 0 Å². The summed E-state index contributed by atoms with van der Waals surface area (Å²) in [7, 11) is 0. The van der Waals surface area contributed by atoms with Crippen LogP contribution in [0.1, 0.15) is 5.56 Å². The van der Waals surface area contributed by atoms with Gasteiger partial charge in [0.1, 0.15) is 11.3 Å². The molecule has 0 atom stereocenters. The van der Waals surface area contributed by atoms with Gasteiger partial charge in [0.25, 0.3) is 0 Å². The fraction of sp³-hybridized carbons (Fsp3) is 0.100. The Morgan fingerprint density at radius 3 is 2.50 bits per heavy atom. The van der Waals surface area contributed by atoms with Crippen molar-refractivity contribution in [2.75, 3.05) is 5.73 Å². The number of benzene rings is 1. The topological polar surface area (TPSA) is 56.2 Å². The van der Waals surface area contributed by atoms with Crippen molar-refractivity contribution >= 4 is 16.7 Å². The number of anilines is 1. The standard InChI is InChI=1S/C10H6F3NO2/c11-10(12,13)6-2-1-5-3-7(14)9(15)16-8(5)4-6/h1-4H,14H2. The number of rotatable bonds is 0. The molecular weight excluding hydrogens is 223 g/mol. The average Bonchev–Trinajstić information content (AvgIpc) is 2.17. The predicted octanol–water partition coefficient (Wildman–Crippen LogP) is 2.39. The van der Waals surface area contributed by atoms with Gasteiger partial charge in [0.2, 0.25) is 0 Å². The number of nitrogen functional groups attached to an aromatic ring is 1. The van der Waals surface area contributed by atoms with Crippen molar-refractivity contribution in [2.45, 2.75) is 6.18 Å². The molecule has 0 fully saturated rings. The van der Waals surface area contributed by atoms with Crippen molar-refractivity contribution in [1.82, 2.24) is 0 Å². The van der Waals surface area contributed by atoms with Crippen molar-refractivity contribution in [3.05, 3.63) is 40.2 Å². The molecule has 3 nitrogen and oxygen atoms in total. The Labute approximate surface area is 87.3 Å². The summed E-state index contributed by atoms with van der Waals surface area (Å²) in [5.74, 6) is 0. The summed E-state index contributed by atoms with van der Waals surface area (Å²) < 4.78 is 41.7. The highest BCUT2D eigenvalue weighted by atomic mass is 19.4. The highest BCUT2D eigenvalue weighted by Crippen LogP contribution is 2.31. The van der Waals surface area contributed by atoms with Gasteiger partial charge in [-0.1, -0.05) is 6.07 Å². The first-order valence-corrected chi connectivity index (χ1v) is 4.28. The second kappa shape index (κ2) is 3.26. The number of hydrogen-bond donors (Lipinski definition) is 1. The Morgan fingerprint density at radius 1 is 1.19 bits per heavy atom. The van der Waals surface area contributed by atoms with E-state index in [9.17, 15) is 18.0 Å². The first-order valence-electron chi connectivity index (χ1n) is 4.28. The van der Waals surface area contributed by atoms with E-state index in [2.05, 4.69) is 4.42 Å². The Kier molecular flexibility index (Phi) is 2.15. The maximum atomic E-state index is 12.4. The lowest BCUT2D eigenvalue weighted by atomic mass is 10.1. The number of fused-ring (bicyclic) bond motifs is 1. The second-order valence-corrected chi connectivity index (χ2v) is 3.24. The lowest BCUT2D eigenvalue weighted by Gasteiger charge is -2.06. The SMILES string of the molecule is Nc1cc2ccc(C(F)(F)F)cc2oc1=O. The summed E-state index contributed by atoms with van der Waals surface area (Å²) >= 11 is 0. The predicted molar refractivity (Wildman–Crippen MR) is 51.9 cm³/mol. The maximum absolute atomic E-state index is 12.4. The molecule has 0 unspecified atom stereocenters. The molecule has 1 heterocycles. The van der Waals surface area contributed by atoms with Crippen LogP contribution < -0.4 is 11.4 Å². The molecule has 6 heteroatoms. The minimum Gasteiger partial charge on any atom is -0.421 e. The molecule has 0 saturated carbocycles. The van der Waals surface area contributed by atoms with Crippen LogP contribution >= 0.6 is 0 Å². The molecule has 0 radical (unpaired) electrons. The van der Waals surface area contributed by atoms with Gasteiger partial charge in [-0.2, -0.15) is 13.2 Å². The summed E-state index contributed by atoms with van der Waals surface area (Å²) in [6.07, 6.45) is -4.46. The van der Waals surface area contributed by atoms with E-state index in [0.717, 1.165) is 12.1 Å². The number of nitrogens with two attached hydrogens (primary N) is 1. The molecule has 0 saturated heterocycles. The Balaban J connectivity index is 2.72. The minimum atomic E-state index is -4.46. The van der Waals surface area contributed by atoms with E-state index in [-0.39, 0.29) is 11.3 Å². The van der Waals surface area contributed by atoms with Crippen LogP contribution in [-0.2, 0) is 6.18 Å². The summed E-state index contributed by atoms with van der Waals surface area (Å²) in [6, 6.07) is 4.16. The number of halogens is 3. The van der Waals surface area contributed by atoms with Crippen LogP contribution in [0.3, 0.4) is 0 Å². The van der Waals surface area contributed by atoms with Crippen molar-refractivity contribution in [3.8, 4) is 0 Å². The fourth-order valence-corrected chi connectivity index (χ4v) is 1.30. The molecule has 0 spiro atoms. The number of hydrogen-bond acceptors (Lipinski definition) is 3. The zero-order valence-electron chi connectivity index (χ0n) is 7.84. The van der Waals surface area contributed by atoms with Gasteiger partial charge in [0.15, 0.2) is 0 Å². The van der Waals surface area contributed by atoms with Gasteiger partial charge in [0, 0.05) is 5.39 Å². The normalized spacial score (nSPS) is 11.9. The lowest BCUT2D eigenvalue weighted by Crippen LogP contribution is -2.07. The second-order valence-electron chi connectivity index (χ2n) is 3.24. The van der Waals surface area contributed by atoms with E-state index >= 15 is 0 Å². The molecule has 1 aromatic carbocycles. The van der Waals surface area contributed by atoms with Gasteiger partial charge in [-0.25, -0.2) is 4.79 Å². The third-order valence-electron chi connectivity index (χ3n) is 2.09. The quantitative estimate of drug-likeness (QED) is 0.705. The molecule has 0 bridgehead atoms. The molecule has 2 N–H and O–H groups in total. The van der Waals surface area contributed by atoms with Crippen molar-refractivity contribution in [3.63, 3.8) is 0 Å². The van der Waals surface area contributed by atoms with Crippen LogP contribution in [-0.4, -0.2) is 0 Å². The molecule has 0 amide bonds. The first-order chi connectivity index (χ1) is 7.38. The molecule has 16 heavy (non-hydrogen) atoms. The van der Waals surface area contributed by atoms with E-state index in [4.69, 9.17) is 5.73 Å². The molecule has 0 aliphatic heterocycles. The third-order valence-corrected chi connectivity index (χ3v) is 2.09. The molecule has 0 aliphatic carbocycles. The van der Waals surface area contributed by atoms with E-state index in [0.29, 0.717) is 5.39 Å². The molecule has 0 aliphatic rings. The van der Waals surface area contributed by atoms with Crippen LogP contribution in [0.4, 0.5) is 18.9 Å². The first kappa shape index (κ1) is 10.5. The van der Waals surface area contributed by atoms with Crippen molar-refractivity contribution in [1.29, 1.82) is 0 Å². The molecule has 2 rings (SSSR count). The van der Waals surface area contributed by atoms with Crippen LogP contribution in [0, 0.1) is 0 Å². The van der Waals surface area contributed by atoms with Gasteiger partial charge < -0.3 is 10.2 Å². The smallest absolute Gasteiger partial charge is 0.416 e. The summed E-state index contributed by atoms with van der Waals surface area (Å²) in [5.41, 5.74) is 3.31. The van der Waals surface area contributed by atoms with Crippen LogP contribution in [0.5, 0.6) is 0 Å². The van der Waals surface area contributed by atoms with Crippen LogP contribution in [0.2, 0.25) is 0 Å². The lowest BCUT2D eigenvalue weighted by molar-refractivity contribution is -0.137. The van der Waals surface area contributed by atoms with Crippen LogP contribution in [0.15, 0.2) is 33.5 Å². The van der Waals surface area contributed by atoms with Gasteiger partial charge in [-0.3, -0.25) is 0 Å². The highest BCUT2D eigenvalue weighted by molar-refractivity contribution is 5.79. The summed E-state index contributed by atoms with van der Waals surface area (Å²) in [5, 5.41) is 0.352. The largest absolute Gasteiger partial charge is 0.421 e. The van der Waals surface area contributed by atoms with E-state index in [1.165, 1.54) is 12.1 Å². The zero-order chi connectivity index (χ0) is 11.9. The maximum Gasteiger partial charge on any atom is 0.416 e. The molecular formula is C10H6F3NO2. The van der Waals surface area contributed by atoms with E-state index in [1.807, 2.05) is 0 Å². The van der Waals surface area contributed by atoms with E-state index < -0.39 is 17.4 Å². The Hall–Kier alpha value is -1.98. The van der Waals surface area contributed by atoms with Crippen molar-refractivity contribution < 1.29 is 17.6 Å². The molecule has 2 aromatic rings. The van der Waals surface area contributed by atoms with Crippen molar-refractivity contribution in [2.24, 2.45) is 0 Å². The summed E-state index contributed by atoms with van der Waals surface area (Å²) in [6.45, 7) is 0. The Morgan fingerprint density at radius 2 is 1.88 bits per heavy atom. The summed E-state index contributed by atoms with van der Waals surface area (Å²) in [4.78, 5) is 11.0. The fourth-order valence-electron chi connectivity index (χ4n) is 1.30. The number of alkyl halides is 3. The Bertz CT molecular complexity index is 601. The minimum absolute atomic E-state index is 0.131. The monoisotopic (exact) mass is 229 g/mol. The average molecular weight is 229 g/mol. The van der Waals surface area contributed by atoms with Crippen LogP contribution in [0.25, 0.3) is 11.0 Å². The van der Waals surface area contributed by atoms with Gasteiger partial charge >= 0.3 is 11.8 Å². The molecule has 84 valence electrons. The van der Waals surface area contributed by atoms with E-state index in [1.54, 1.807) is 0 Å². The third kappa shape index (κ3) is 1.73. The van der Waals surface area contributed by atoms with Gasteiger partial charge in [-0.05, 0) is 18.2 Å².